The van der Waals surface area contributed by atoms with Crippen LogP contribution in [0.1, 0.15) is 5.56 Å². The quantitative estimate of drug-likeness (QED) is 0.819. The molecule has 0 radical (unpaired) electrons. The van der Waals surface area contributed by atoms with Crippen LogP contribution in [-0.2, 0) is 16.1 Å². The van der Waals surface area contributed by atoms with E-state index in [0.29, 0.717) is 28.0 Å². The predicted octanol–water partition coefficient (Wildman–Crippen LogP) is 3.38. The molecule has 2 amide bonds. The van der Waals surface area contributed by atoms with Gasteiger partial charge in [0.25, 0.3) is 5.91 Å². The number of ether oxygens (including phenoxy) is 1. The third-order valence-electron chi connectivity index (χ3n) is 3.89. The molecule has 0 aromatic heterocycles. The first-order chi connectivity index (χ1) is 11.9. The second-order valence-corrected chi connectivity index (χ2v) is 6.63. The van der Waals surface area contributed by atoms with E-state index in [-0.39, 0.29) is 25.0 Å². The van der Waals surface area contributed by atoms with E-state index in [1.54, 1.807) is 42.3 Å². The summed E-state index contributed by atoms with van der Waals surface area (Å²) in [5.41, 5.74) is 1.42. The first-order valence-corrected chi connectivity index (χ1v) is 8.41. The molecule has 1 aliphatic rings. The largest absolute Gasteiger partial charge is 0.482 e. The number of likely N-dealkylation sites (N-methyl/N-ethyl adjacent to an activating group) is 1. The Morgan fingerprint density at radius 1 is 1.20 bits per heavy atom. The number of halogens is 2. The molecule has 3 rings (SSSR count). The van der Waals surface area contributed by atoms with Crippen molar-refractivity contribution in [2.24, 2.45) is 0 Å². The van der Waals surface area contributed by atoms with Crippen molar-refractivity contribution in [1.29, 1.82) is 0 Å². The molecule has 2 aromatic carbocycles. The number of rotatable bonds is 4. The molecule has 1 heterocycles. The van der Waals surface area contributed by atoms with E-state index >= 15 is 0 Å². The zero-order valence-electron chi connectivity index (χ0n) is 13.5. The van der Waals surface area contributed by atoms with Crippen LogP contribution >= 0.6 is 23.2 Å². The first-order valence-electron chi connectivity index (χ1n) is 7.65. The summed E-state index contributed by atoms with van der Waals surface area (Å²) in [7, 11) is 1.69. The van der Waals surface area contributed by atoms with Crippen molar-refractivity contribution < 1.29 is 14.3 Å². The minimum atomic E-state index is -0.278. The van der Waals surface area contributed by atoms with Gasteiger partial charge in [0.2, 0.25) is 5.91 Å². The van der Waals surface area contributed by atoms with Gasteiger partial charge >= 0.3 is 0 Å². The Morgan fingerprint density at radius 2 is 1.96 bits per heavy atom. The van der Waals surface area contributed by atoms with E-state index in [4.69, 9.17) is 27.9 Å². The summed E-state index contributed by atoms with van der Waals surface area (Å²) in [5, 5.41) is 1.09. The Hall–Kier alpha value is -2.24. The van der Waals surface area contributed by atoms with Gasteiger partial charge in [-0.2, -0.15) is 0 Å². The second kappa shape index (κ2) is 7.33. The van der Waals surface area contributed by atoms with Crippen LogP contribution in [0.5, 0.6) is 5.75 Å². The van der Waals surface area contributed by atoms with Crippen molar-refractivity contribution in [3.63, 3.8) is 0 Å². The fourth-order valence-electron chi connectivity index (χ4n) is 2.60. The molecule has 0 aliphatic carbocycles. The number of hydrogen-bond acceptors (Lipinski definition) is 3. The fourth-order valence-corrected chi connectivity index (χ4v) is 2.98. The molecule has 7 heteroatoms. The number of amides is 2. The Morgan fingerprint density at radius 3 is 2.72 bits per heavy atom. The highest BCUT2D eigenvalue weighted by molar-refractivity contribution is 6.31. The Labute approximate surface area is 155 Å². The summed E-state index contributed by atoms with van der Waals surface area (Å²) in [6.07, 6.45) is 0. The van der Waals surface area contributed by atoms with Crippen molar-refractivity contribution >= 4 is 40.7 Å². The fraction of sp³-hybridized carbons (Fsp3) is 0.222. The third kappa shape index (κ3) is 4.06. The average Bonchev–Trinajstić information content (AvgIpc) is 2.57. The minimum Gasteiger partial charge on any atom is -0.482 e. The minimum absolute atomic E-state index is 0.0768. The monoisotopic (exact) mass is 378 g/mol. The summed E-state index contributed by atoms with van der Waals surface area (Å²) in [4.78, 5) is 27.7. The number of carbonyl (C=O) groups excluding carboxylic acids is 2. The van der Waals surface area contributed by atoms with Crippen LogP contribution in [0.4, 0.5) is 5.69 Å². The topological polar surface area (TPSA) is 49.9 Å². The van der Waals surface area contributed by atoms with E-state index < -0.39 is 0 Å². The van der Waals surface area contributed by atoms with Gasteiger partial charge in [-0.1, -0.05) is 35.3 Å². The third-order valence-corrected chi connectivity index (χ3v) is 4.36. The molecule has 0 bridgehead atoms. The number of nitrogens with zero attached hydrogens (tertiary/aromatic N) is 2. The lowest BCUT2D eigenvalue weighted by Crippen LogP contribution is -2.45. The summed E-state index contributed by atoms with van der Waals surface area (Å²) < 4.78 is 5.38. The van der Waals surface area contributed by atoms with Gasteiger partial charge in [-0.15, -0.1) is 0 Å². The van der Waals surface area contributed by atoms with Gasteiger partial charge in [-0.3, -0.25) is 14.5 Å². The molecule has 0 atom stereocenters. The predicted molar refractivity (Wildman–Crippen MR) is 97.2 cm³/mol. The van der Waals surface area contributed by atoms with Crippen LogP contribution in [0.3, 0.4) is 0 Å². The number of benzene rings is 2. The highest BCUT2D eigenvalue weighted by Crippen LogP contribution is 2.34. The van der Waals surface area contributed by atoms with Crippen molar-refractivity contribution in [3.05, 3.63) is 58.1 Å². The molecule has 2 aromatic rings. The van der Waals surface area contributed by atoms with Crippen LogP contribution < -0.4 is 9.64 Å². The van der Waals surface area contributed by atoms with Crippen LogP contribution in [0.15, 0.2) is 42.5 Å². The van der Waals surface area contributed by atoms with Crippen molar-refractivity contribution in [3.8, 4) is 5.75 Å². The van der Waals surface area contributed by atoms with Gasteiger partial charge < -0.3 is 9.64 Å². The maximum absolute atomic E-state index is 12.6. The van der Waals surface area contributed by atoms with Crippen LogP contribution in [0.2, 0.25) is 10.0 Å². The van der Waals surface area contributed by atoms with E-state index in [0.717, 1.165) is 5.56 Å². The Balaban J connectivity index is 1.74. The standard InChI is InChI=1S/C18H16Cl2N2O3/c1-21(9-12-3-2-4-13(19)7-12)17(23)10-22-15-8-14(20)5-6-16(15)25-11-18(22)24/h2-8H,9-11H2,1H3. The number of carbonyl (C=O) groups is 2. The molecule has 1 aliphatic heterocycles. The molecule has 0 saturated carbocycles. The maximum atomic E-state index is 12.6. The number of anilines is 1. The molecule has 5 nitrogen and oxygen atoms in total. The Kier molecular flexibility index (Phi) is 5.16. The van der Waals surface area contributed by atoms with E-state index in [1.807, 2.05) is 12.1 Å². The van der Waals surface area contributed by atoms with Crippen LogP contribution in [0, 0.1) is 0 Å². The van der Waals surface area contributed by atoms with Crippen molar-refractivity contribution in [2.75, 3.05) is 25.1 Å². The molecular formula is C18H16Cl2N2O3. The number of fused-ring (bicyclic) bond motifs is 1. The van der Waals surface area contributed by atoms with Crippen molar-refractivity contribution in [1.82, 2.24) is 4.90 Å². The summed E-state index contributed by atoms with van der Waals surface area (Å²) in [6.45, 7) is 0.229. The highest BCUT2D eigenvalue weighted by Gasteiger charge is 2.28. The number of hydrogen-bond donors (Lipinski definition) is 0. The average molecular weight is 379 g/mol. The molecular weight excluding hydrogens is 363 g/mol. The van der Waals surface area contributed by atoms with Gasteiger partial charge in [0.15, 0.2) is 6.61 Å². The molecule has 0 unspecified atom stereocenters. The SMILES string of the molecule is CN(Cc1cccc(Cl)c1)C(=O)CN1C(=O)COc2ccc(Cl)cc21. The van der Waals surface area contributed by atoms with E-state index in [9.17, 15) is 9.59 Å². The zero-order valence-corrected chi connectivity index (χ0v) is 15.0. The maximum Gasteiger partial charge on any atom is 0.265 e. The van der Waals surface area contributed by atoms with Gasteiger partial charge in [-0.05, 0) is 35.9 Å². The molecule has 0 N–H and O–H groups in total. The van der Waals surface area contributed by atoms with Gasteiger partial charge in [0.1, 0.15) is 12.3 Å². The highest BCUT2D eigenvalue weighted by atomic mass is 35.5. The Bertz CT molecular complexity index is 826. The summed E-state index contributed by atoms with van der Waals surface area (Å²) in [6, 6.07) is 12.3. The summed E-state index contributed by atoms with van der Waals surface area (Å²) >= 11 is 12.0. The van der Waals surface area contributed by atoms with Crippen LogP contribution in [0.25, 0.3) is 0 Å². The second-order valence-electron chi connectivity index (χ2n) is 5.76. The lowest BCUT2D eigenvalue weighted by Gasteiger charge is -2.30. The van der Waals surface area contributed by atoms with Gasteiger partial charge in [0.05, 0.1) is 5.69 Å². The van der Waals surface area contributed by atoms with E-state index in [1.165, 1.54) is 4.90 Å². The first kappa shape index (κ1) is 17.6. The molecule has 25 heavy (non-hydrogen) atoms. The molecule has 0 fully saturated rings. The molecule has 0 spiro atoms. The van der Waals surface area contributed by atoms with E-state index in [2.05, 4.69) is 0 Å². The van der Waals surface area contributed by atoms with Gasteiger partial charge in [0, 0.05) is 23.6 Å². The van der Waals surface area contributed by atoms with Crippen LogP contribution in [-0.4, -0.2) is 36.9 Å². The lowest BCUT2D eigenvalue weighted by atomic mass is 10.2. The molecule has 0 saturated heterocycles. The summed E-state index contributed by atoms with van der Waals surface area (Å²) in [5.74, 6) is 0.0646. The van der Waals surface area contributed by atoms with Gasteiger partial charge in [-0.25, -0.2) is 0 Å². The molecule has 130 valence electrons. The normalized spacial score (nSPS) is 13.2. The lowest BCUT2D eigenvalue weighted by molar-refractivity contribution is -0.131. The zero-order chi connectivity index (χ0) is 18.0. The van der Waals surface area contributed by atoms with Crippen molar-refractivity contribution in [2.45, 2.75) is 6.54 Å². The smallest absolute Gasteiger partial charge is 0.265 e.